The number of carbonyl (C=O) groups excluding carboxylic acids is 2. The number of hydrogen-bond acceptors (Lipinski definition) is 9. The first kappa shape index (κ1) is 22.7. The second-order valence-electron chi connectivity index (χ2n) is 6.95. The van der Waals surface area contributed by atoms with Crippen LogP contribution in [0.25, 0.3) is 22.1 Å². The summed E-state index contributed by atoms with van der Waals surface area (Å²) in [7, 11) is 2.95. The van der Waals surface area contributed by atoms with Crippen LogP contribution >= 0.6 is 0 Å². The highest BCUT2D eigenvalue weighted by Crippen LogP contribution is 2.34. The molecule has 2 aromatic heterocycles. The number of benzene rings is 2. The molecule has 2 aromatic carbocycles. The third-order valence-electron chi connectivity index (χ3n) is 4.93. The zero-order chi connectivity index (χ0) is 24.2. The molecule has 0 fully saturated rings. The molecule has 0 N–H and O–H groups in total. The Morgan fingerprint density at radius 1 is 0.941 bits per heavy atom. The van der Waals surface area contributed by atoms with E-state index >= 15 is 0 Å². The lowest BCUT2D eigenvalue weighted by Crippen LogP contribution is -2.15. The Bertz CT molecular complexity index is 1410. The largest absolute Gasteiger partial charge is 0.493 e. The van der Waals surface area contributed by atoms with E-state index in [4.69, 9.17) is 27.8 Å². The van der Waals surface area contributed by atoms with Crippen LogP contribution in [0.2, 0.25) is 0 Å². The van der Waals surface area contributed by atoms with Crippen LogP contribution in [0.5, 0.6) is 17.2 Å². The van der Waals surface area contributed by atoms with Crippen LogP contribution in [0.1, 0.15) is 28.0 Å². The molecule has 4 rings (SSSR count). The van der Waals surface area contributed by atoms with Crippen LogP contribution in [0, 0.1) is 0 Å². The molecule has 9 heteroatoms. The van der Waals surface area contributed by atoms with E-state index in [1.807, 2.05) is 0 Å². The molecule has 2 heterocycles. The summed E-state index contributed by atoms with van der Waals surface area (Å²) in [5.74, 6) is -0.889. The van der Waals surface area contributed by atoms with Gasteiger partial charge >= 0.3 is 11.9 Å². The summed E-state index contributed by atoms with van der Waals surface area (Å²) in [6, 6.07) is 12.0. The van der Waals surface area contributed by atoms with E-state index in [2.05, 4.69) is 0 Å². The Morgan fingerprint density at radius 2 is 1.74 bits per heavy atom. The smallest absolute Gasteiger partial charge is 0.379 e. The number of fused-ring (bicyclic) bond motifs is 1. The highest BCUT2D eigenvalue weighted by molar-refractivity contribution is 5.98. The fourth-order valence-electron chi connectivity index (χ4n) is 3.38. The first-order valence-electron chi connectivity index (χ1n) is 10.2. The normalized spacial score (nSPS) is 10.7. The van der Waals surface area contributed by atoms with Gasteiger partial charge < -0.3 is 27.8 Å². The van der Waals surface area contributed by atoms with Crippen molar-refractivity contribution < 1.29 is 37.4 Å². The molecular weight excluding hydrogens is 444 g/mol. The predicted molar refractivity (Wildman–Crippen MR) is 121 cm³/mol. The average Bonchev–Trinajstić information content (AvgIpc) is 3.39. The Hall–Kier alpha value is -4.53. The SMILES string of the molecule is CCOC(=O)c1oc2cc(OC(=O)c3ccco3)ccc2c(=O)c1-c1ccc(OC)c(OC)c1. The lowest BCUT2D eigenvalue weighted by Gasteiger charge is -2.13. The molecule has 0 bridgehead atoms. The summed E-state index contributed by atoms with van der Waals surface area (Å²) in [6.07, 6.45) is 1.34. The molecule has 0 unspecified atom stereocenters. The number of rotatable bonds is 7. The van der Waals surface area contributed by atoms with Gasteiger partial charge in [-0.3, -0.25) is 4.79 Å². The first-order chi connectivity index (χ1) is 16.5. The van der Waals surface area contributed by atoms with E-state index in [9.17, 15) is 14.4 Å². The van der Waals surface area contributed by atoms with E-state index < -0.39 is 17.4 Å². The van der Waals surface area contributed by atoms with E-state index in [0.717, 1.165) is 0 Å². The minimum Gasteiger partial charge on any atom is -0.493 e. The van der Waals surface area contributed by atoms with Gasteiger partial charge in [-0.1, -0.05) is 6.07 Å². The van der Waals surface area contributed by atoms with Crippen molar-refractivity contribution in [3.63, 3.8) is 0 Å². The van der Waals surface area contributed by atoms with E-state index in [0.29, 0.717) is 17.1 Å². The highest BCUT2D eigenvalue weighted by atomic mass is 16.6. The van der Waals surface area contributed by atoms with Crippen molar-refractivity contribution in [2.45, 2.75) is 6.92 Å². The van der Waals surface area contributed by atoms with Crippen molar-refractivity contribution >= 4 is 22.9 Å². The Kier molecular flexibility index (Phi) is 6.35. The minimum atomic E-state index is -0.815. The zero-order valence-electron chi connectivity index (χ0n) is 18.6. The summed E-state index contributed by atoms with van der Waals surface area (Å²) in [6.45, 7) is 1.71. The molecule has 0 radical (unpaired) electrons. The van der Waals surface area contributed by atoms with Crippen molar-refractivity contribution in [1.82, 2.24) is 0 Å². The minimum absolute atomic E-state index is 0.00670. The summed E-state index contributed by atoms with van der Waals surface area (Å²) in [4.78, 5) is 38.4. The van der Waals surface area contributed by atoms with Gasteiger partial charge in [0, 0.05) is 6.07 Å². The molecule has 0 amide bonds. The topological polar surface area (TPSA) is 114 Å². The molecule has 4 aromatic rings. The molecule has 0 saturated carbocycles. The van der Waals surface area contributed by atoms with Crippen LogP contribution in [0.3, 0.4) is 0 Å². The number of carbonyl (C=O) groups is 2. The van der Waals surface area contributed by atoms with Gasteiger partial charge in [-0.05, 0) is 48.9 Å². The fourth-order valence-corrected chi connectivity index (χ4v) is 3.38. The van der Waals surface area contributed by atoms with Crippen molar-refractivity contribution in [2.75, 3.05) is 20.8 Å². The van der Waals surface area contributed by atoms with Gasteiger partial charge in [0.2, 0.25) is 16.9 Å². The number of furan rings is 1. The van der Waals surface area contributed by atoms with Gasteiger partial charge in [-0.15, -0.1) is 0 Å². The molecule has 0 saturated heterocycles. The molecule has 174 valence electrons. The lowest BCUT2D eigenvalue weighted by atomic mass is 10.0. The number of ether oxygens (including phenoxy) is 4. The second-order valence-corrected chi connectivity index (χ2v) is 6.95. The monoisotopic (exact) mass is 464 g/mol. The second kappa shape index (κ2) is 9.53. The van der Waals surface area contributed by atoms with Gasteiger partial charge in [-0.2, -0.15) is 0 Å². The molecule has 34 heavy (non-hydrogen) atoms. The van der Waals surface area contributed by atoms with Gasteiger partial charge in [0.05, 0.1) is 38.0 Å². The molecule has 0 aliphatic rings. The molecule has 0 aliphatic heterocycles. The highest BCUT2D eigenvalue weighted by Gasteiger charge is 2.24. The fraction of sp³-hybridized carbons (Fsp3) is 0.160. The maximum atomic E-state index is 13.5. The Morgan fingerprint density at radius 3 is 2.41 bits per heavy atom. The van der Waals surface area contributed by atoms with Crippen molar-refractivity contribution in [3.8, 4) is 28.4 Å². The third-order valence-corrected chi connectivity index (χ3v) is 4.93. The standard InChI is InChI=1S/C25H20O9/c1-4-31-25(28)23-21(14-7-10-17(29-2)20(12-14)30-3)22(26)16-9-8-15(13-19(16)34-23)33-24(27)18-6-5-11-32-18/h5-13H,4H2,1-3H3. The van der Waals surface area contributed by atoms with Gasteiger partial charge in [0.1, 0.15) is 11.3 Å². The Labute approximate surface area is 193 Å². The molecule has 0 spiro atoms. The van der Waals surface area contributed by atoms with Crippen LogP contribution in [0.15, 0.2) is 68.4 Å². The molecule has 9 nitrogen and oxygen atoms in total. The van der Waals surface area contributed by atoms with Crippen LogP contribution < -0.4 is 19.6 Å². The van der Waals surface area contributed by atoms with E-state index in [-0.39, 0.29) is 40.4 Å². The predicted octanol–water partition coefficient (Wildman–Crippen LogP) is 4.47. The van der Waals surface area contributed by atoms with Gasteiger partial charge in [0.15, 0.2) is 11.5 Å². The summed E-state index contributed by atoms with van der Waals surface area (Å²) < 4.78 is 31.8. The van der Waals surface area contributed by atoms with E-state index in [1.165, 1.54) is 44.7 Å². The number of hydrogen-bond donors (Lipinski definition) is 0. The third kappa shape index (κ3) is 4.23. The average molecular weight is 464 g/mol. The van der Waals surface area contributed by atoms with Crippen LogP contribution in [0.4, 0.5) is 0 Å². The molecular formula is C25H20O9. The van der Waals surface area contributed by atoms with Gasteiger partial charge in [-0.25, -0.2) is 9.59 Å². The molecule has 0 atom stereocenters. The molecule has 0 aliphatic carbocycles. The summed E-state index contributed by atoms with van der Waals surface area (Å²) in [5.41, 5.74) is -0.0423. The van der Waals surface area contributed by atoms with Crippen molar-refractivity contribution in [1.29, 1.82) is 0 Å². The van der Waals surface area contributed by atoms with Crippen LogP contribution in [-0.4, -0.2) is 32.8 Å². The summed E-state index contributed by atoms with van der Waals surface area (Å²) >= 11 is 0. The van der Waals surface area contributed by atoms with Gasteiger partial charge in [0.25, 0.3) is 0 Å². The van der Waals surface area contributed by atoms with Crippen molar-refractivity contribution in [2.24, 2.45) is 0 Å². The maximum Gasteiger partial charge on any atom is 0.379 e. The quantitative estimate of drug-likeness (QED) is 0.289. The summed E-state index contributed by atoms with van der Waals surface area (Å²) in [5, 5.41) is 0.177. The zero-order valence-corrected chi connectivity index (χ0v) is 18.6. The van der Waals surface area contributed by atoms with E-state index in [1.54, 1.807) is 31.2 Å². The Balaban J connectivity index is 1.86. The lowest BCUT2D eigenvalue weighted by molar-refractivity contribution is 0.0491. The number of methoxy groups -OCH3 is 2. The first-order valence-corrected chi connectivity index (χ1v) is 10.2. The number of esters is 2. The van der Waals surface area contributed by atoms with Crippen LogP contribution in [-0.2, 0) is 4.74 Å². The van der Waals surface area contributed by atoms with Crippen molar-refractivity contribution in [3.05, 3.63) is 76.5 Å². The maximum absolute atomic E-state index is 13.5.